The second kappa shape index (κ2) is 7.57. The smallest absolute Gasteiger partial charge is 0.242 e. The van der Waals surface area contributed by atoms with Crippen LogP contribution >= 0.6 is 0 Å². The summed E-state index contributed by atoms with van der Waals surface area (Å²) in [6, 6.07) is 6.80. The number of piperidine rings is 1. The Kier molecular flexibility index (Phi) is 5.25. The third-order valence-electron chi connectivity index (χ3n) is 4.64. The normalized spacial score (nSPS) is 21.0. The summed E-state index contributed by atoms with van der Waals surface area (Å²) in [6.07, 6.45) is 6.45. The molecule has 1 saturated heterocycles. The number of carbonyl (C=O) groups excluding carboxylic acids is 1. The fourth-order valence-corrected chi connectivity index (χ4v) is 3.33. The van der Waals surface area contributed by atoms with Gasteiger partial charge < -0.3 is 14.2 Å². The second-order valence-electron chi connectivity index (χ2n) is 6.19. The number of aromatic nitrogens is 2. The molecule has 0 unspecified atom stereocenters. The summed E-state index contributed by atoms with van der Waals surface area (Å²) in [4.78, 5) is 18.3. The fraction of sp³-hybridized carbons (Fsp3) is 0.444. The highest BCUT2D eigenvalue weighted by atomic mass is 19.1. The molecule has 3 rings (SSSR count). The van der Waals surface area contributed by atoms with Crippen molar-refractivity contribution in [3.8, 4) is 0 Å². The van der Waals surface area contributed by atoms with Gasteiger partial charge in [0, 0.05) is 38.5 Å². The van der Waals surface area contributed by atoms with Crippen LogP contribution in [0.5, 0.6) is 0 Å². The Morgan fingerprint density at radius 2 is 2.25 bits per heavy atom. The molecule has 1 aliphatic rings. The van der Waals surface area contributed by atoms with Crippen LogP contribution in [0.15, 0.2) is 43.0 Å². The Morgan fingerprint density at radius 1 is 1.42 bits per heavy atom. The van der Waals surface area contributed by atoms with Gasteiger partial charge in [0.2, 0.25) is 5.91 Å². The lowest BCUT2D eigenvalue weighted by atomic mass is 9.88. The first-order valence-electron chi connectivity index (χ1n) is 8.17. The van der Waals surface area contributed by atoms with Crippen molar-refractivity contribution >= 4 is 5.91 Å². The monoisotopic (exact) mass is 331 g/mol. The number of ether oxygens (including phenoxy) is 1. The fourth-order valence-electron chi connectivity index (χ4n) is 3.33. The molecule has 1 fully saturated rings. The zero-order chi connectivity index (χ0) is 16.9. The molecule has 2 aromatic rings. The summed E-state index contributed by atoms with van der Waals surface area (Å²) >= 11 is 0. The predicted octanol–water partition coefficient (Wildman–Crippen LogP) is 2.13. The standard InChI is InChI=1S/C18H22FN3O2/c1-24-17-6-8-22(18(23)12-21-9-7-20-13-21)11-15(17)10-14-4-2-3-5-16(14)19/h2-5,7,9,13,15,17H,6,8,10-12H2,1H3/t15-,17+/m1/s1. The largest absolute Gasteiger partial charge is 0.381 e. The van der Waals surface area contributed by atoms with Gasteiger partial charge in [0.15, 0.2) is 0 Å². The number of carbonyl (C=O) groups is 1. The van der Waals surface area contributed by atoms with Gasteiger partial charge in [0.1, 0.15) is 12.4 Å². The van der Waals surface area contributed by atoms with Gasteiger partial charge in [-0.2, -0.15) is 0 Å². The second-order valence-corrected chi connectivity index (χ2v) is 6.19. The predicted molar refractivity (Wildman–Crippen MR) is 87.8 cm³/mol. The topological polar surface area (TPSA) is 47.4 Å². The summed E-state index contributed by atoms with van der Waals surface area (Å²) in [5.74, 6) is -0.0531. The van der Waals surface area contributed by atoms with Crippen LogP contribution in [-0.2, 0) is 22.5 Å². The van der Waals surface area contributed by atoms with E-state index in [1.54, 1.807) is 42.5 Å². The van der Waals surface area contributed by atoms with Crippen molar-refractivity contribution in [1.29, 1.82) is 0 Å². The molecular weight excluding hydrogens is 309 g/mol. The van der Waals surface area contributed by atoms with E-state index in [0.717, 1.165) is 6.42 Å². The van der Waals surface area contributed by atoms with Crippen LogP contribution in [0.4, 0.5) is 4.39 Å². The van der Waals surface area contributed by atoms with Crippen LogP contribution in [0.1, 0.15) is 12.0 Å². The first-order chi connectivity index (χ1) is 11.7. The maximum atomic E-state index is 14.0. The highest BCUT2D eigenvalue weighted by Crippen LogP contribution is 2.25. The number of imidazole rings is 1. The summed E-state index contributed by atoms with van der Waals surface area (Å²) in [6.45, 7) is 1.53. The highest BCUT2D eigenvalue weighted by Gasteiger charge is 2.32. The Balaban J connectivity index is 1.67. The van der Waals surface area contributed by atoms with Crippen molar-refractivity contribution in [1.82, 2.24) is 14.5 Å². The van der Waals surface area contributed by atoms with Gasteiger partial charge in [0.05, 0.1) is 12.4 Å². The van der Waals surface area contributed by atoms with Crippen LogP contribution in [-0.4, -0.2) is 46.7 Å². The molecule has 0 N–H and O–H groups in total. The van der Waals surface area contributed by atoms with E-state index in [9.17, 15) is 9.18 Å². The van der Waals surface area contributed by atoms with Crippen molar-refractivity contribution < 1.29 is 13.9 Å². The van der Waals surface area contributed by atoms with Crippen molar-refractivity contribution in [3.05, 3.63) is 54.4 Å². The van der Waals surface area contributed by atoms with E-state index in [1.807, 2.05) is 11.0 Å². The summed E-state index contributed by atoms with van der Waals surface area (Å²) < 4.78 is 21.3. The molecule has 1 amide bonds. The molecule has 2 heterocycles. The minimum Gasteiger partial charge on any atom is -0.381 e. The molecule has 0 bridgehead atoms. The molecule has 0 spiro atoms. The quantitative estimate of drug-likeness (QED) is 0.843. The number of hydrogen-bond acceptors (Lipinski definition) is 3. The number of benzene rings is 1. The van der Waals surface area contributed by atoms with Crippen LogP contribution in [0.2, 0.25) is 0 Å². The van der Waals surface area contributed by atoms with Gasteiger partial charge in [-0.25, -0.2) is 9.37 Å². The zero-order valence-corrected chi connectivity index (χ0v) is 13.8. The number of methoxy groups -OCH3 is 1. The minimum absolute atomic E-state index is 0.0434. The first kappa shape index (κ1) is 16.6. The van der Waals surface area contributed by atoms with E-state index in [1.165, 1.54) is 6.07 Å². The maximum Gasteiger partial charge on any atom is 0.242 e. The van der Waals surface area contributed by atoms with Crippen molar-refractivity contribution in [2.75, 3.05) is 20.2 Å². The lowest BCUT2D eigenvalue weighted by Crippen LogP contribution is -2.48. The number of halogens is 1. The molecule has 24 heavy (non-hydrogen) atoms. The van der Waals surface area contributed by atoms with Gasteiger partial charge in [-0.15, -0.1) is 0 Å². The average Bonchev–Trinajstić information content (AvgIpc) is 3.10. The van der Waals surface area contributed by atoms with E-state index in [0.29, 0.717) is 25.1 Å². The lowest BCUT2D eigenvalue weighted by molar-refractivity contribution is -0.136. The highest BCUT2D eigenvalue weighted by molar-refractivity contribution is 5.76. The maximum absolute atomic E-state index is 14.0. The molecule has 0 radical (unpaired) electrons. The Labute approximate surface area is 141 Å². The van der Waals surface area contributed by atoms with Gasteiger partial charge >= 0.3 is 0 Å². The number of likely N-dealkylation sites (tertiary alicyclic amines) is 1. The molecule has 1 aromatic carbocycles. The zero-order valence-electron chi connectivity index (χ0n) is 13.8. The average molecular weight is 331 g/mol. The molecule has 128 valence electrons. The van der Waals surface area contributed by atoms with Crippen molar-refractivity contribution in [2.24, 2.45) is 5.92 Å². The minimum atomic E-state index is -0.200. The van der Waals surface area contributed by atoms with Gasteiger partial charge in [-0.1, -0.05) is 18.2 Å². The van der Waals surface area contributed by atoms with E-state index in [4.69, 9.17) is 4.74 Å². The third-order valence-corrected chi connectivity index (χ3v) is 4.64. The molecule has 1 aliphatic heterocycles. The van der Waals surface area contributed by atoms with Crippen molar-refractivity contribution in [2.45, 2.75) is 25.5 Å². The van der Waals surface area contributed by atoms with E-state index >= 15 is 0 Å². The third kappa shape index (κ3) is 3.82. The summed E-state index contributed by atoms with van der Waals surface area (Å²) in [5, 5.41) is 0. The molecule has 1 aromatic heterocycles. The summed E-state index contributed by atoms with van der Waals surface area (Å²) in [5.41, 5.74) is 0.674. The SMILES string of the molecule is CO[C@H]1CCN(C(=O)Cn2ccnc2)C[C@H]1Cc1ccccc1F. The summed E-state index contributed by atoms with van der Waals surface area (Å²) in [7, 11) is 1.68. The first-order valence-corrected chi connectivity index (χ1v) is 8.17. The lowest BCUT2D eigenvalue weighted by Gasteiger charge is -2.38. The van der Waals surface area contributed by atoms with Gasteiger partial charge in [-0.3, -0.25) is 4.79 Å². The molecular formula is C18H22FN3O2. The Bertz CT molecular complexity index is 675. The number of amides is 1. The molecule has 0 saturated carbocycles. The number of rotatable bonds is 5. The van der Waals surface area contributed by atoms with Crippen molar-refractivity contribution in [3.63, 3.8) is 0 Å². The van der Waals surface area contributed by atoms with E-state index in [2.05, 4.69) is 4.98 Å². The van der Waals surface area contributed by atoms with Gasteiger partial charge in [0.25, 0.3) is 0 Å². The number of nitrogens with zero attached hydrogens (tertiary/aromatic N) is 3. The van der Waals surface area contributed by atoms with E-state index in [-0.39, 0.29) is 30.3 Å². The number of hydrogen-bond donors (Lipinski definition) is 0. The van der Waals surface area contributed by atoms with Gasteiger partial charge in [-0.05, 0) is 24.5 Å². The molecule has 5 nitrogen and oxygen atoms in total. The Hall–Kier alpha value is -2.21. The van der Waals surface area contributed by atoms with Crippen LogP contribution < -0.4 is 0 Å². The van der Waals surface area contributed by atoms with Crippen LogP contribution in [0.25, 0.3) is 0 Å². The Morgan fingerprint density at radius 3 is 2.96 bits per heavy atom. The molecule has 6 heteroatoms. The van der Waals surface area contributed by atoms with Crippen LogP contribution in [0.3, 0.4) is 0 Å². The van der Waals surface area contributed by atoms with Crippen LogP contribution in [0, 0.1) is 11.7 Å². The van der Waals surface area contributed by atoms with E-state index < -0.39 is 0 Å². The molecule has 2 atom stereocenters. The molecule has 0 aliphatic carbocycles.